The number of benzene rings is 1. The normalized spacial score (nSPS) is 16.9. The number of nitrogens with one attached hydrogen (secondary N) is 1. The molecule has 1 saturated heterocycles. The third kappa shape index (κ3) is 4.62. The summed E-state index contributed by atoms with van der Waals surface area (Å²) in [5.41, 5.74) is 0.554. The molecule has 1 heterocycles. The van der Waals surface area contributed by atoms with Crippen LogP contribution in [0.4, 0.5) is 13.2 Å². The molecule has 0 radical (unpaired) electrons. The number of phenolic OH excluding ortho intramolecular Hbond substituents is 1. The number of phenols is 1. The van der Waals surface area contributed by atoms with Crippen LogP contribution in [0, 0.1) is 11.7 Å². The van der Waals surface area contributed by atoms with Crippen molar-refractivity contribution in [2.45, 2.75) is 25.8 Å². The first-order valence-corrected chi connectivity index (χ1v) is 7.21. The Morgan fingerprint density at radius 1 is 1.36 bits per heavy atom. The molecule has 122 valence electrons. The highest BCUT2D eigenvalue weighted by Crippen LogP contribution is 2.19. The molecule has 2 N–H and O–H groups in total. The molecule has 1 aromatic rings. The highest BCUT2D eigenvalue weighted by molar-refractivity contribution is 5.78. The Labute approximate surface area is 126 Å². The SMILES string of the molecule is O=C(NCc1ccc(O)c(F)c1)C1CCN(CC(F)F)CC1. The highest BCUT2D eigenvalue weighted by Gasteiger charge is 2.25. The van der Waals surface area contributed by atoms with Crippen molar-refractivity contribution in [2.24, 2.45) is 5.92 Å². The molecule has 0 aliphatic carbocycles. The largest absolute Gasteiger partial charge is 0.505 e. The minimum atomic E-state index is -2.35. The number of rotatable bonds is 5. The fourth-order valence-corrected chi connectivity index (χ4v) is 2.57. The number of aromatic hydroxyl groups is 1. The molecule has 0 unspecified atom stereocenters. The van der Waals surface area contributed by atoms with Crippen molar-refractivity contribution in [3.8, 4) is 5.75 Å². The molecule has 22 heavy (non-hydrogen) atoms. The van der Waals surface area contributed by atoms with E-state index in [1.165, 1.54) is 18.2 Å². The summed E-state index contributed by atoms with van der Waals surface area (Å²) in [6, 6.07) is 3.93. The van der Waals surface area contributed by atoms with Crippen LogP contribution >= 0.6 is 0 Å². The number of halogens is 3. The summed E-state index contributed by atoms with van der Waals surface area (Å²) in [5.74, 6) is -1.51. The molecule has 1 fully saturated rings. The summed E-state index contributed by atoms with van der Waals surface area (Å²) in [7, 11) is 0. The summed E-state index contributed by atoms with van der Waals surface area (Å²) in [6.45, 7) is 0.890. The first-order valence-electron chi connectivity index (χ1n) is 7.21. The number of hydrogen-bond acceptors (Lipinski definition) is 3. The second-order valence-corrected chi connectivity index (χ2v) is 5.47. The molecular formula is C15H19F3N2O2. The van der Waals surface area contributed by atoms with Gasteiger partial charge in [0.2, 0.25) is 5.91 Å². The van der Waals surface area contributed by atoms with E-state index in [-0.39, 0.29) is 24.9 Å². The third-order valence-corrected chi connectivity index (χ3v) is 3.83. The fourth-order valence-electron chi connectivity index (χ4n) is 2.57. The van der Waals surface area contributed by atoms with Gasteiger partial charge in [-0.15, -0.1) is 0 Å². The summed E-state index contributed by atoms with van der Waals surface area (Å²) in [6.07, 6.45) is -1.26. The molecule has 7 heteroatoms. The topological polar surface area (TPSA) is 52.6 Å². The molecule has 0 aromatic heterocycles. The standard InChI is InChI=1S/C15H19F3N2O2/c16-12-7-10(1-2-13(12)21)8-19-15(22)11-3-5-20(6-4-11)9-14(17)18/h1-2,7,11,14,21H,3-6,8-9H2,(H,19,22). The van der Waals surface area contributed by atoms with Crippen molar-refractivity contribution < 1.29 is 23.1 Å². The van der Waals surface area contributed by atoms with E-state index in [9.17, 15) is 18.0 Å². The van der Waals surface area contributed by atoms with Crippen LogP contribution in [0.3, 0.4) is 0 Å². The number of piperidine rings is 1. The second kappa shape index (κ2) is 7.49. The fraction of sp³-hybridized carbons (Fsp3) is 0.533. The highest BCUT2D eigenvalue weighted by atomic mass is 19.3. The first-order chi connectivity index (χ1) is 10.5. The zero-order valence-corrected chi connectivity index (χ0v) is 12.1. The lowest BCUT2D eigenvalue weighted by molar-refractivity contribution is -0.126. The van der Waals surface area contributed by atoms with Gasteiger partial charge in [-0.1, -0.05) is 6.07 Å². The number of carbonyl (C=O) groups excluding carboxylic acids is 1. The van der Waals surface area contributed by atoms with Gasteiger partial charge in [0.05, 0.1) is 6.54 Å². The molecule has 4 nitrogen and oxygen atoms in total. The van der Waals surface area contributed by atoms with Crippen LogP contribution in [0.5, 0.6) is 5.75 Å². The maximum absolute atomic E-state index is 13.2. The van der Waals surface area contributed by atoms with Gasteiger partial charge in [-0.25, -0.2) is 13.2 Å². The number of hydrogen-bond donors (Lipinski definition) is 2. The van der Waals surface area contributed by atoms with Crippen LogP contribution in [0.15, 0.2) is 18.2 Å². The summed E-state index contributed by atoms with van der Waals surface area (Å²) in [5, 5.41) is 11.8. The first kappa shape index (κ1) is 16.6. The van der Waals surface area contributed by atoms with Crippen molar-refractivity contribution >= 4 is 5.91 Å². The van der Waals surface area contributed by atoms with Gasteiger partial charge in [-0.3, -0.25) is 9.69 Å². The Morgan fingerprint density at radius 3 is 2.64 bits per heavy atom. The maximum Gasteiger partial charge on any atom is 0.251 e. The van der Waals surface area contributed by atoms with Crippen LogP contribution in [-0.2, 0) is 11.3 Å². The van der Waals surface area contributed by atoms with E-state index in [2.05, 4.69) is 5.32 Å². The molecule has 2 rings (SSSR count). The molecule has 0 spiro atoms. The van der Waals surface area contributed by atoms with E-state index in [0.717, 1.165) is 0 Å². The third-order valence-electron chi connectivity index (χ3n) is 3.83. The molecule has 1 amide bonds. The van der Waals surface area contributed by atoms with E-state index in [0.29, 0.717) is 31.5 Å². The van der Waals surface area contributed by atoms with Crippen LogP contribution in [-0.4, -0.2) is 42.0 Å². The van der Waals surface area contributed by atoms with Crippen molar-refractivity contribution in [2.75, 3.05) is 19.6 Å². The molecule has 1 aromatic carbocycles. The van der Waals surface area contributed by atoms with Crippen molar-refractivity contribution in [1.82, 2.24) is 10.2 Å². The lowest BCUT2D eigenvalue weighted by Gasteiger charge is -2.30. The minimum absolute atomic E-state index is 0.148. The Kier molecular flexibility index (Phi) is 5.65. The summed E-state index contributed by atoms with van der Waals surface area (Å²) in [4.78, 5) is 13.7. The Bertz CT molecular complexity index is 518. The predicted octanol–water partition coefficient (Wildman–Crippen LogP) is 2.12. The second-order valence-electron chi connectivity index (χ2n) is 5.47. The van der Waals surface area contributed by atoms with Crippen molar-refractivity contribution in [3.63, 3.8) is 0 Å². The van der Waals surface area contributed by atoms with Gasteiger partial charge in [0.15, 0.2) is 11.6 Å². The van der Waals surface area contributed by atoms with E-state index in [4.69, 9.17) is 5.11 Å². The average molecular weight is 316 g/mol. The minimum Gasteiger partial charge on any atom is -0.505 e. The Balaban J connectivity index is 1.77. The van der Waals surface area contributed by atoms with Crippen molar-refractivity contribution in [1.29, 1.82) is 0 Å². The molecule has 0 bridgehead atoms. The lowest BCUT2D eigenvalue weighted by atomic mass is 9.96. The van der Waals surface area contributed by atoms with Gasteiger partial charge >= 0.3 is 0 Å². The van der Waals surface area contributed by atoms with E-state index < -0.39 is 18.0 Å². The van der Waals surface area contributed by atoms with Gasteiger partial charge in [-0.2, -0.15) is 0 Å². The molecule has 0 atom stereocenters. The zero-order chi connectivity index (χ0) is 16.1. The van der Waals surface area contributed by atoms with Gasteiger partial charge in [0.1, 0.15) is 0 Å². The number of likely N-dealkylation sites (tertiary alicyclic amines) is 1. The van der Waals surface area contributed by atoms with E-state index >= 15 is 0 Å². The molecular weight excluding hydrogens is 297 g/mol. The van der Waals surface area contributed by atoms with Crippen LogP contribution in [0.1, 0.15) is 18.4 Å². The quantitative estimate of drug-likeness (QED) is 0.875. The van der Waals surface area contributed by atoms with Gasteiger partial charge in [-0.05, 0) is 43.6 Å². The zero-order valence-electron chi connectivity index (χ0n) is 12.1. The maximum atomic E-state index is 13.2. The number of alkyl halides is 2. The van der Waals surface area contributed by atoms with Crippen LogP contribution in [0.2, 0.25) is 0 Å². The summed E-state index contributed by atoms with van der Waals surface area (Å²) >= 11 is 0. The van der Waals surface area contributed by atoms with E-state index in [1.807, 2.05) is 0 Å². The lowest BCUT2D eigenvalue weighted by Crippen LogP contribution is -2.41. The predicted molar refractivity (Wildman–Crippen MR) is 75.1 cm³/mol. The number of nitrogens with zero attached hydrogens (tertiary/aromatic N) is 1. The van der Waals surface area contributed by atoms with Crippen molar-refractivity contribution in [3.05, 3.63) is 29.6 Å². The number of carbonyl (C=O) groups is 1. The van der Waals surface area contributed by atoms with Gasteiger partial charge in [0, 0.05) is 12.5 Å². The van der Waals surface area contributed by atoms with Gasteiger partial charge in [0.25, 0.3) is 6.43 Å². The monoisotopic (exact) mass is 316 g/mol. The molecule has 1 aliphatic rings. The smallest absolute Gasteiger partial charge is 0.251 e. The van der Waals surface area contributed by atoms with Gasteiger partial charge < -0.3 is 10.4 Å². The molecule has 0 saturated carbocycles. The Hall–Kier alpha value is -1.76. The number of amides is 1. The average Bonchev–Trinajstić information content (AvgIpc) is 2.48. The molecule has 1 aliphatic heterocycles. The van der Waals surface area contributed by atoms with Crippen LogP contribution < -0.4 is 5.32 Å². The van der Waals surface area contributed by atoms with Crippen LogP contribution in [0.25, 0.3) is 0 Å². The summed E-state index contributed by atoms with van der Waals surface area (Å²) < 4.78 is 37.7. The van der Waals surface area contributed by atoms with E-state index in [1.54, 1.807) is 4.90 Å². The Morgan fingerprint density at radius 2 is 2.05 bits per heavy atom.